The van der Waals surface area contributed by atoms with Crippen LogP contribution in [0.3, 0.4) is 0 Å². The number of hydrogen-bond donors (Lipinski definition) is 1. The third-order valence-corrected chi connectivity index (χ3v) is 3.26. The summed E-state index contributed by atoms with van der Waals surface area (Å²) < 4.78 is 5.82. The highest BCUT2D eigenvalue weighted by molar-refractivity contribution is 6.30. The summed E-state index contributed by atoms with van der Waals surface area (Å²) in [6.07, 6.45) is 5.98. The average molecular weight is 300 g/mol. The fourth-order valence-electron chi connectivity index (χ4n) is 2.04. The van der Waals surface area contributed by atoms with Crippen LogP contribution in [0.25, 0.3) is 0 Å². The first-order valence-electron chi connectivity index (χ1n) is 6.89. The summed E-state index contributed by atoms with van der Waals surface area (Å²) in [5.41, 5.74) is 2.32. The molecule has 0 heterocycles. The van der Waals surface area contributed by atoms with E-state index < -0.39 is 0 Å². The molecule has 3 heteroatoms. The van der Waals surface area contributed by atoms with Crippen LogP contribution in [0.1, 0.15) is 11.1 Å². The molecule has 0 radical (unpaired) electrons. The van der Waals surface area contributed by atoms with Crippen LogP contribution in [0.5, 0.6) is 5.75 Å². The molecule has 0 saturated carbocycles. The minimum atomic E-state index is 0.556. The average Bonchev–Trinajstić information content (AvgIpc) is 2.50. The molecule has 0 fully saturated rings. The molecule has 0 aliphatic heterocycles. The molecule has 108 valence electrons. The molecule has 2 aromatic carbocycles. The molecule has 2 aromatic rings. The number of terminal acetylenes is 1. The van der Waals surface area contributed by atoms with E-state index in [1.54, 1.807) is 0 Å². The molecule has 2 nitrogen and oxygen atoms in total. The van der Waals surface area contributed by atoms with Crippen molar-refractivity contribution in [1.82, 2.24) is 5.32 Å². The van der Waals surface area contributed by atoms with Gasteiger partial charge in [-0.3, -0.25) is 0 Å². The van der Waals surface area contributed by atoms with Gasteiger partial charge in [0.05, 0.1) is 6.54 Å². The summed E-state index contributed by atoms with van der Waals surface area (Å²) in [6.45, 7) is 1.85. The molecule has 21 heavy (non-hydrogen) atoms. The van der Waals surface area contributed by atoms with Gasteiger partial charge in [0.1, 0.15) is 12.4 Å². The Bertz CT molecular complexity index is 604. The lowest BCUT2D eigenvalue weighted by atomic mass is 10.0. The van der Waals surface area contributed by atoms with E-state index in [9.17, 15) is 0 Å². The molecule has 0 aromatic heterocycles. The second kappa shape index (κ2) is 8.36. The highest BCUT2D eigenvalue weighted by Crippen LogP contribution is 2.25. The molecular weight excluding hydrogens is 282 g/mol. The normalized spacial score (nSPS) is 10.1. The van der Waals surface area contributed by atoms with Crippen LogP contribution < -0.4 is 10.1 Å². The third kappa shape index (κ3) is 5.15. The zero-order valence-corrected chi connectivity index (χ0v) is 12.6. The van der Waals surface area contributed by atoms with Crippen molar-refractivity contribution in [2.24, 2.45) is 0 Å². The lowest BCUT2D eigenvalue weighted by molar-refractivity contribution is 0.314. The summed E-state index contributed by atoms with van der Waals surface area (Å²) in [5, 5.41) is 3.82. The maximum atomic E-state index is 6.10. The van der Waals surface area contributed by atoms with Gasteiger partial charge in [0.25, 0.3) is 0 Å². The van der Waals surface area contributed by atoms with Crippen molar-refractivity contribution in [1.29, 1.82) is 0 Å². The maximum absolute atomic E-state index is 6.10. The third-order valence-electron chi connectivity index (χ3n) is 3.02. The largest absolute Gasteiger partial charge is 0.492 e. The minimum Gasteiger partial charge on any atom is -0.492 e. The molecule has 1 N–H and O–H groups in total. The Morgan fingerprint density at radius 2 is 1.95 bits per heavy atom. The van der Waals surface area contributed by atoms with Crippen molar-refractivity contribution < 1.29 is 4.74 Å². The predicted octanol–water partition coefficient (Wildman–Crippen LogP) is 3.53. The van der Waals surface area contributed by atoms with E-state index in [0.717, 1.165) is 29.3 Å². The number of benzene rings is 2. The molecule has 0 saturated heterocycles. The monoisotopic (exact) mass is 299 g/mol. The number of halogens is 1. The van der Waals surface area contributed by atoms with Gasteiger partial charge in [0, 0.05) is 18.0 Å². The van der Waals surface area contributed by atoms with E-state index in [-0.39, 0.29) is 0 Å². The topological polar surface area (TPSA) is 21.3 Å². The van der Waals surface area contributed by atoms with E-state index in [2.05, 4.69) is 23.4 Å². The highest BCUT2D eigenvalue weighted by atomic mass is 35.5. The summed E-state index contributed by atoms with van der Waals surface area (Å²) in [4.78, 5) is 0. The fourth-order valence-corrected chi connectivity index (χ4v) is 2.23. The zero-order chi connectivity index (χ0) is 14.9. The molecule has 0 aliphatic rings. The molecule has 0 spiro atoms. The van der Waals surface area contributed by atoms with Crippen LogP contribution in [-0.4, -0.2) is 19.7 Å². The van der Waals surface area contributed by atoms with Crippen LogP contribution in [0.4, 0.5) is 0 Å². The lowest BCUT2D eigenvalue weighted by Crippen LogP contribution is -2.21. The Hall–Kier alpha value is -1.95. The molecule has 0 atom stereocenters. The van der Waals surface area contributed by atoms with Gasteiger partial charge < -0.3 is 10.1 Å². The van der Waals surface area contributed by atoms with Gasteiger partial charge in [-0.15, -0.1) is 6.42 Å². The van der Waals surface area contributed by atoms with Crippen molar-refractivity contribution in [3.05, 3.63) is 64.7 Å². The first-order chi connectivity index (χ1) is 10.3. The molecule has 0 bridgehead atoms. The first kappa shape index (κ1) is 15.4. The second-order valence-electron chi connectivity index (χ2n) is 4.64. The van der Waals surface area contributed by atoms with Crippen LogP contribution >= 0.6 is 11.6 Å². The Kier molecular flexibility index (Phi) is 6.15. The Balaban J connectivity index is 2.02. The van der Waals surface area contributed by atoms with Gasteiger partial charge in [0.2, 0.25) is 0 Å². The van der Waals surface area contributed by atoms with Crippen molar-refractivity contribution in [3.8, 4) is 18.1 Å². The Morgan fingerprint density at radius 1 is 1.14 bits per heavy atom. The SMILES string of the molecule is C#CCNCCOc1ccc(Cl)cc1Cc1ccccc1. The molecule has 0 amide bonds. The van der Waals surface area contributed by atoms with E-state index in [1.807, 2.05) is 36.4 Å². The molecule has 0 aliphatic carbocycles. The maximum Gasteiger partial charge on any atom is 0.122 e. The number of ether oxygens (including phenoxy) is 1. The quantitative estimate of drug-likeness (QED) is 0.624. The van der Waals surface area contributed by atoms with Gasteiger partial charge in [-0.05, 0) is 29.3 Å². The van der Waals surface area contributed by atoms with Crippen molar-refractivity contribution in [2.45, 2.75) is 6.42 Å². The Morgan fingerprint density at radius 3 is 2.71 bits per heavy atom. The van der Waals surface area contributed by atoms with Crippen molar-refractivity contribution >= 4 is 11.6 Å². The number of hydrogen-bond acceptors (Lipinski definition) is 2. The van der Waals surface area contributed by atoms with Crippen molar-refractivity contribution in [2.75, 3.05) is 19.7 Å². The van der Waals surface area contributed by atoms with Crippen LogP contribution in [0.2, 0.25) is 5.02 Å². The molecule has 2 rings (SSSR count). The van der Waals surface area contributed by atoms with E-state index in [1.165, 1.54) is 5.56 Å². The lowest BCUT2D eigenvalue weighted by Gasteiger charge is -2.12. The summed E-state index contributed by atoms with van der Waals surface area (Å²) in [6, 6.07) is 16.0. The highest BCUT2D eigenvalue weighted by Gasteiger charge is 2.06. The summed E-state index contributed by atoms with van der Waals surface area (Å²) in [5.74, 6) is 3.40. The number of nitrogens with one attached hydrogen (secondary N) is 1. The van der Waals surface area contributed by atoms with Crippen LogP contribution in [0, 0.1) is 12.3 Å². The van der Waals surface area contributed by atoms with E-state index in [4.69, 9.17) is 22.8 Å². The van der Waals surface area contributed by atoms with Crippen LogP contribution in [-0.2, 0) is 6.42 Å². The van der Waals surface area contributed by atoms with Gasteiger partial charge in [-0.2, -0.15) is 0 Å². The van der Waals surface area contributed by atoms with Crippen molar-refractivity contribution in [3.63, 3.8) is 0 Å². The fraction of sp³-hybridized carbons (Fsp3) is 0.222. The van der Waals surface area contributed by atoms with Crippen LogP contribution in [0.15, 0.2) is 48.5 Å². The van der Waals surface area contributed by atoms with Gasteiger partial charge in [-0.1, -0.05) is 47.9 Å². The van der Waals surface area contributed by atoms with E-state index in [0.29, 0.717) is 13.2 Å². The standard InChI is InChI=1S/C18H18ClNO/c1-2-10-20-11-12-21-18-9-8-17(19)14-16(18)13-15-6-4-3-5-7-15/h1,3-9,14,20H,10-13H2. The predicted molar refractivity (Wildman–Crippen MR) is 87.9 cm³/mol. The summed E-state index contributed by atoms with van der Waals surface area (Å²) >= 11 is 6.10. The van der Waals surface area contributed by atoms with Gasteiger partial charge in [0.15, 0.2) is 0 Å². The second-order valence-corrected chi connectivity index (χ2v) is 5.08. The first-order valence-corrected chi connectivity index (χ1v) is 7.26. The van der Waals surface area contributed by atoms with Gasteiger partial charge in [-0.25, -0.2) is 0 Å². The minimum absolute atomic E-state index is 0.556. The zero-order valence-electron chi connectivity index (χ0n) is 11.8. The smallest absolute Gasteiger partial charge is 0.122 e. The number of rotatable bonds is 7. The van der Waals surface area contributed by atoms with Gasteiger partial charge >= 0.3 is 0 Å². The summed E-state index contributed by atoms with van der Waals surface area (Å²) in [7, 11) is 0. The van der Waals surface area contributed by atoms with E-state index >= 15 is 0 Å². The molecular formula is C18H18ClNO. The Labute approximate surface area is 131 Å². The molecule has 0 unspecified atom stereocenters.